The van der Waals surface area contributed by atoms with Crippen LogP contribution < -0.4 is 5.32 Å². The summed E-state index contributed by atoms with van der Waals surface area (Å²) in [6, 6.07) is 11.6. The Morgan fingerprint density at radius 2 is 1.81 bits per heavy atom. The van der Waals surface area contributed by atoms with Crippen molar-refractivity contribution in [2.45, 2.75) is 37.6 Å². The maximum Gasteiger partial charge on any atom is 0.286 e. The van der Waals surface area contributed by atoms with Gasteiger partial charge in [0.25, 0.3) is 5.91 Å². The van der Waals surface area contributed by atoms with E-state index >= 15 is 0 Å². The molecule has 0 saturated carbocycles. The van der Waals surface area contributed by atoms with E-state index < -0.39 is 22.0 Å². The van der Waals surface area contributed by atoms with Crippen LogP contribution in [0, 0.1) is 13.8 Å². The van der Waals surface area contributed by atoms with E-state index in [1.807, 2.05) is 19.9 Å². The number of halogens is 1. The van der Waals surface area contributed by atoms with E-state index in [4.69, 9.17) is 11.6 Å². The number of aryl methyl sites for hydroxylation is 2. The molecular formula is C21H21ClN4O3S2. The number of anilines is 1. The zero-order valence-electron chi connectivity index (χ0n) is 17.0. The predicted molar refractivity (Wildman–Crippen MR) is 121 cm³/mol. The monoisotopic (exact) mass is 476 g/mol. The lowest BCUT2D eigenvalue weighted by Gasteiger charge is -2.22. The van der Waals surface area contributed by atoms with Gasteiger partial charge in [0.2, 0.25) is 15.0 Å². The molecule has 1 amide bonds. The van der Waals surface area contributed by atoms with Crippen LogP contribution in [0.25, 0.3) is 0 Å². The van der Waals surface area contributed by atoms with Crippen molar-refractivity contribution in [3.05, 3.63) is 68.6 Å². The molecule has 1 saturated heterocycles. The molecule has 162 valence electrons. The first kappa shape index (κ1) is 21.9. The Labute approximate surface area is 190 Å². The minimum absolute atomic E-state index is 0.181. The predicted octanol–water partition coefficient (Wildman–Crippen LogP) is 4.59. The lowest BCUT2D eigenvalue weighted by atomic mass is 10.2. The van der Waals surface area contributed by atoms with Gasteiger partial charge in [-0.2, -0.15) is 4.31 Å². The molecule has 7 nitrogen and oxygen atoms in total. The number of amides is 1. The average molecular weight is 477 g/mol. The van der Waals surface area contributed by atoms with Gasteiger partial charge in [0.05, 0.1) is 10.9 Å². The minimum atomic E-state index is -3.69. The van der Waals surface area contributed by atoms with Gasteiger partial charge in [-0.25, -0.2) is 8.42 Å². The van der Waals surface area contributed by atoms with Gasteiger partial charge < -0.3 is 5.32 Å². The van der Waals surface area contributed by atoms with Crippen molar-refractivity contribution in [1.29, 1.82) is 0 Å². The van der Waals surface area contributed by atoms with Crippen LogP contribution >= 0.6 is 22.9 Å². The van der Waals surface area contributed by atoms with Crippen LogP contribution in [-0.4, -0.2) is 35.4 Å². The number of hydrogen-bond donors (Lipinski definition) is 1. The molecule has 10 heteroatoms. The van der Waals surface area contributed by atoms with Crippen LogP contribution in [0.15, 0.2) is 47.4 Å². The number of carbonyl (C=O) groups is 1. The highest BCUT2D eigenvalue weighted by atomic mass is 35.5. The molecule has 1 atom stereocenters. The lowest BCUT2D eigenvalue weighted by molar-refractivity contribution is 0.102. The van der Waals surface area contributed by atoms with Gasteiger partial charge in [-0.3, -0.25) is 4.79 Å². The Bertz CT molecular complexity index is 1210. The van der Waals surface area contributed by atoms with Crippen LogP contribution in [0.1, 0.15) is 44.8 Å². The summed E-state index contributed by atoms with van der Waals surface area (Å²) in [5.74, 6) is -0.396. The summed E-state index contributed by atoms with van der Waals surface area (Å²) in [7, 11) is -3.69. The van der Waals surface area contributed by atoms with Crippen molar-refractivity contribution >= 4 is 44.6 Å². The van der Waals surface area contributed by atoms with Gasteiger partial charge in [-0.15, -0.1) is 10.2 Å². The standard InChI is InChI=1S/C21H21ClN4O3S2/c1-13-10-14(2)12-17(11-13)31(28,29)26-9-3-4-18(26)20-24-25-21(30-20)19(27)23-16-7-5-15(22)6-8-16/h5-8,10-12,18H,3-4,9H2,1-2H3,(H,23,27)/t18-/m0/s1. The summed E-state index contributed by atoms with van der Waals surface area (Å²) in [6.45, 7) is 4.17. The summed E-state index contributed by atoms with van der Waals surface area (Å²) in [5.41, 5.74) is 2.38. The molecule has 0 spiro atoms. The third kappa shape index (κ3) is 4.64. The van der Waals surface area contributed by atoms with Crippen LogP contribution in [-0.2, 0) is 10.0 Å². The molecule has 2 heterocycles. The second kappa shape index (κ2) is 8.66. The molecule has 0 unspecified atom stereocenters. The highest BCUT2D eigenvalue weighted by Gasteiger charge is 2.38. The van der Waals surface area contributed by atoms with Gasteiger partial charge in [-0.05, 0) is 74.2 Å². The molecule has 31 heavy (non-hydrogen) atoms. The van der Waals surface area contributed by atoms with Gasteiger partial charge in [-0.1, -0.05) is 29.0 Å². The van der Waals surface area contributed by atoms with Crippen LogP contribution in [0.5, 0.6) is 0 Å². The number of hydrogen-bond acceptors (Lipinski definition) is 6. The van der Waals surface area contributed by atoms with Gasteiger partial charge in [0.15, 0.2) is 0 Å². The van der Waals surface area contributed by atoms with Crippen LogP contribution in [0.4, 0.5) is 5.69 Å². The quantitative estimate of drug-likeness (QED) is 0.581. The van der Waals surface area contributed by atoms with Gasteiger partial charge in [0, 0.05) is 17.3 Å². The molecule has 1 aliphatic rings. The molecule has 0 aliphatic carbocycles. The largest absolute Gasteiger partial charge is 0.320 e. The summed E-state index contributed by atoms with van der Waals surface area (Å²) in [6.07, 6.45) is 1.36. The zero-order chi connectivity index (χ0) is 22.2. The molecule has 0 radical (unpaired) electrons. The zero-order valence-corrected chi connectivity index (χ0v) is 19.4. The fourth-order valence-electron chi connectivity index (χ4n) is 3.67. The SMILES string of the molecule is Cc1cc(C)cc(S(=O)(=O)N2CCC[C@H]2c2nnc(C(=O)Nc3ccc(Cl)cc3)s2)c1. The number of benzene rings is 2. The molecule has 1 aliphatic heterocycles. The summed E-state index contributed by atoms with van der Waals surface area (Å²) in [4.78, 5) is 12.8. The average Bonchev–Trinajstić information content (AvgIpc) is 3.38. The van der Waals surface area contributed by atoms with Gasteiger partial charge >= 0.3 is 0 Å². The van der Waals surface area contributed by atoms with Crippen molar-refractivity contribution in [1.82, 2.24) is 14.5 Å². The van der Waals surface area contributed by atoms with Crippen molar-refractivity contribution in [2.24, 2.45) is 0 Å². The summed E-state index contributed by atoms with van der Waals surface area (Å²) in [5, 5.41) is 12.2. The number of carbonyl (C=O) groups excluding carboxylic acids is 1. The molecule has 1 aromatic heterocycles. The smallest absolute Gasteiger partial charge is 0.286 e. The fraction of sp³-hybridized carbons (Fsp3) is 0.286. The normalized spacial score (nSPS) is 17.1. The topological polar surface area (TPSA) is 92.3 Å². The van der Waals surface area contributed by atoms with Crippen molar-refractivity contribution in [3.8, 4) is 0 Å². The Morgan fingerprint density at radius 1 is 1.13 bits per heavy atom. The van der Waals surface area contributed by atoms with E-state index in [1.165, 1.54) is 4.31 Å². The Hall–Kier alpha value is -2.33. The third-order valence-electron chi connectivity index (χ3n) is 5.03. The fourth-order valence-corrected chi connectivity index (χ4v) is 6.60. The first-order valence-corrected chi connectivity index (χ1v) is 12.4. The Morgan fingerprint density at radius 3 is 2.48 bits per heavy atom. The summed E-state index contributed by atoms with van der Waals surface area (Å²) >= 11 is 6.98. The first-order chi connectivity index (χ1) is 14.7. The van der Waals surface area contributed by atoms with E-state index in [1.54, 1.807) is 36.4 Å². The van der Waals surface area contributed by atoms with E-state index in [0.717, 1.165) is 28.9 Å². The van der Waals surface area contributed by atoms with Crippen LogP contribution in [0.3, 0.4) is 0 Å². The number of sulfonamides is 1. The Balaban J connectivity index is 1.56. The molecule has 1 fully saturated rings. The minimum Gasteiger partial charge on any atom is -0.320 e. The highest BCUT2D eigenvalue weighted by Crippen LogP contribution is 2.38. The van der Waals surface area contributed by atoms with Crippen molar-refractivity contribution < 1.29 is 13.2 Å². The second-order valence-electron chi connectivity index (χ2n) is 7.50. The molecule has 0 bridgehead atoms. The van der Waals surface area contributed by atoms with Gasteiger partial charge in [0.1, 0.15) is 5.01 Å². The second-order valence-corrected chi connectivity index (χ2v) is 10.8. The molecule has 2 aromatic carbocycles. The molecular weight excluding hydrogens is 456 g/mol. The van der Waals surface area contributed by atoms with E-state index in [9.17, 15) is 13.2 Å². The van der Waals surface area contributed by atoms with Crippen LogP contribution in [0.2, 0.25) is 5.02 Å². The Kier molecular flexibility index (Phi) is 6.11. The number of aromatic nitrogens is 2. The maximum atomic E-state index is 13.3. The number of rotatable bonds is 5. The molecule has 1 N–H and O–H groups in total. The number of nitrogens with one attached hydrogen (secondary N) is 1. The maximum absolute atomic E-state index is 13.3. The van der Waals surface area contributed by atoms with E-state index in [-0.39, 0.29) is 9.90 Å². The van der Waals surface area contributed by atoms with Crippen molar-refractivity contribution in [2.75, 3.05) is 11.9 Å². The third-order valence-corrected chi connectivity index (χ3v) is 8.19. The first-order valence-electron chi connectivity index (χ1n) is 9.74. The lowest BCUT2D eigenvalue weighted by Crippen LogP contribution is -2.30. The number of nitrogens with zero attached hydrogens (tertiary/aromatic N) is 3. The highest BCUT2D eigenvalue weighted by molar-refractivity contribution is 7.89. The van der Waals surface area contributed by atoms with E-state index in [2.05, 4.69) is 15.5 Å². The van der Waals surface area contributed by atoms with Crippen molar-refractivity contribution in [3.63, 3.8) is 0 Å². The molecule has 4 rings (SSSR count). The molecule has 3 aromatic rings. The summed E-state index contributed by atoms with van der Waals surface area (Å²) < 4.78 is 28.1. The van der Waals surface area contributed by atoms with E-state index in [0.29, 0.717) is 28.7 Å².